The van der Waals surface area contributed by atoms with Crippen LogP contribution in [0.3, 0.4) is 0 Å². The molecule has 19 heavy (non-hydrogen) atoms. The van der Waals surface area contributed by atoms with Crippen LogP contribution >= 0.6 is 0 Å². The van der Waals surface area contributed by atoms with Gasteiger partial charge in [-0.15, -0.1) is 0 Å². The molecule has 4 nitrogen and oxygen atoms in total. The number of hydrogen-bond donors (Lipinski definition) is 1. The molecule has 0 aromatic carbocycles. The van der Waals surface area contributed by atoms with Gasteiger partial charge < -0.3 is 10.6 Å². The Morgan fingerprint density at radius 2 is 1.95 bits per heavy atom. The van der Waals surface area contributed by atoms with Crippen LogP contribution in [0.2, 0.25) is 0 Å². The first kappa shape index (κ1) is 14.3. The van der Waals surface area contributed by atoms with Crippen LogP contribution in [0.5, 0.6) is 0 Å². The van der Waals surface area contributed by atoms with Crippen LogP contribution in [0.15, 0.2) is 18.3 Å². The highest BCUT2D eigenvalue weighted by atomic mass is 15.3. The molecule has 0 aliphatic carbocycles. The van der Waals surface area contributed by atoms with E-state index in [9.17, 15) is 0 Å². The molecule has 1 aliphatic heterocycles. The molecule has 0 bridgehead atoms. The summed E-state index contributed by atoms with van der Waals surface area (Å²) in [5.41, 5.74) is 8.21. The van der Waals surface area contributed by atoms with Crippen LogP contribution in [0, 0.1) is 0 Å². The van der Waals surface area contributed by atoms with Crippen LogP contribution in [-0.2, 0) is 0 Å². The summed E-state index contributed by atoms with van der Waals surface area (Å²) in [7, 11) is 0. The smallest absolute Gasteiger partial charge is 0.0572 e. The molecule has 1 aromatic heterocycles. The van der Waals surface area contributed by atoms with Gasteiger partial charge in [-0.2, -0.15) is 0 Å². The fourth-order valence-electron chi connectivity index (χ4n) is 2.56. The molecule has 1 aliphatic rings. The highest BCUT2D eigenvalue weighted by Crippen LogP contribution is 2.18. The molecular formula is C15H26N4. The Balaban J connectivity index is 1.92. The van der Waals surface area contributed by atoms with Gasteiger partial charge in [-0.1, -0.05) is 13.8 Å². The number of hydrogen-bond acceptors (Lipinski definition) is 4. The van der Waals surface area contributed by atoms with Crippen LogP contribution in [0.4, 0.5) is 5.69 Å². The highest BCUT2D eigenvalue weighted by molar-refractivity contribution is 5.45. The number of nitrogens with zero attached hydrogens (tertiary/aromatic N) is 3. The zero-order valence-electron chi connectivity index (χ0n) is 12.2. The van der Waals surface area contributed by atoms with Gasteiger partial charge in [0.2, 0.25) is 0 Å². The third kappa shape index (κ3) is 3.67. The molecule has 0 spiro atoms. The maximum Gasteiger partial charge on any atom is 0.0572 e. The second-order valence-corrected chi connectivity index (χ2v) is 5.28. The molecule has 1 saturated heterocycles. The lowest BCUT2D eigenvalue weighted by molar-refractivity contribution is 0.258. The van der Waals surface area contributed by atoms with Gasteiger partial charge in [-0.25, -0.2) is 0 Å². The third-order valence-electron chi connectivity index (χ3n) is 3.87. The first-order valence-corrected chi connectivity index (χ1v) is 7.43. The van der Waals surface area contributed by atoms with Gasteiger partial charge in [0.25, 0.3) is 0 Å². The zero-order valence-corrected chi connectivity index (χ0v) is 12.2. The molecule has 2 N–H and O–H groups in total. The topological polar surface area (TPSA) is 45.4 Å². The summed E-state index contributed by atoms with van der Waals surface area (Å²) in [6.07, 6.45) is 4.15. The van der Waals surface area contributed by atoms with Crippen LogP contribution < -0.4 is 10.6 Å². The molecule has 2 rings (SSSR count). The Kier molecular flexibility index (Phi) is 5.16. The minimum Gasteiger partial charge on any atom is -0.368 e. The quantitative estimate of drug-likeness (QED) is 0.882. The van der Waals surface area contributed by atoms with Crippen molar-refractivity contribution in [2.24, 2.45) is 5.73 Å². The van der Waals surface area contributed by atoms with Gasteiger partial charge in [0.1, 0.15) is 0 Å². The largest absolute Gasteiger partial charge is 0.368 e. The molecule has 2 heterocycles. The molecule has 1 fully saturated rings. The summed E-state index contributed by atoms with van der Waals surface area (Å²) in [5, 5.41) is 0. The Morgan fingerprint density at radius 3 is 2.47 bits per heavy atom. The minimum atomic E-state index is 0.0652. The highest BCUT2D eigenvalue weighted by Gasteiger charge is 2.16. The lowest BCUT2D eigenvalue weighted by Crippen LogP contribution is -2.46. The number of aromatic nitrogens is 1. The van der Waals surface area contributed by atoms with E-state index in [0.29, 0.717) is 0 Å². The number of nitrogens with two attached hydrogens (primary N) is 1. The first-order chi connectivity index (χ1) is 9.24. The molecule has 4 heteroatoms. The number of pyridine rings is 1. The van der Waals surface area contributed by atoms with Crippen LogP contribution in [0.25, 0.3) is 0 Å². The van der Waals surface area contributed by atoms with Crippen molar-refractivity contribution >= 4 is 5.69 Å². The molecule has 106 valence electrons. The fourth-order valence-corrected chi connectivity index (χ4v) is 2.56. The Hall–Kier alpha value is -1.13. The predicted molar refractivity (Wildman–Crippen MR) is 80.4 cm³/mol. The van der Waals surface area contributed by atoms with E-state index in [4.69, 9.17) is 5.73 Å². The van der Waals surface area contributed by atoms with E-state index in [0.717, 1.165) is 38.3 Å². The normalized spacial score (nSPS) is 18.6. The van der Waals surface area contributed by atoms with E-state index in [1.807, 2.05) is 6.20 Å². The van der Waals surface area contributed by atoms with Gasteiger partial charge in [0, 0.05) is 32.2 Å². The van der Waals surface area contributed by atoms with Gasteiger partial charge in [-0.05, 0) is 31.5 Å². The van der Waals surface area contributed by atoms with Crippen molar-refractivity contribution in [3.05, 3.63) is 24.0 Å². The van der Waals surface area contributed by atoms with Crippen molar-refractivity contribution in [2.45, 2.75) is 32.7 Å². The maximum absolute atomic E-state index is 5.99. The molecule has 1 aromatic rings. The predicted octanol–water partition coefficient (Wildman–Crippen LogP) is 2.02. The average Bonchev–Trinajstić information content (AvgIpc) is 2.48. The summed E-state index contributed by atoms with van der Waals surface area (Å²) in [5.74, 6) is 0. The standard InChI is InChI=1S/C15H26N4/c1-3-7-18-8-10-19(11-9-18)13-5-6-15(17-12-13)14(16)4-2/h5-6,12,14H,3-4,7-11,16H2,1-2H3. The molecule has 1 unspecified atom stereocenters. The van der Waals surface area contributed by atoms with E-state index >= 15 is 0 Å². The Bertz CT molecular complexity index is 368. The SMILES string of the molecule is CCCN1CCN(c2ccc(C(N)CC)nc2)CC1. The summed E-state index contributed by atoms with van der Waals surface area (Å²) in [6, 6.07) is 4.30. The molecule has 0 saturated carbocycles. The summed E-state index contributed by atoms with van der Waals surface area (Å²) < 4.78 is 0. The van der Waals surface area contributed by atoms with Gasteiger partial charge in [0.05, 0.1) is 17.6 Å². The summed E-state index contributed by atoms with van der Waals surface area (Å²) >= 11 is 0. The number of rotatable bonds is 5. The van der Waals surface area contributed by atoms with Crippen molar-refractivity contribution < 1.29 is 0 Å². The van der Waals surface area contributed by atoms with E-state index in [1.54, 1.807) is 0 Å². The van der Waals surface area contributed by atoms with Gasteiger partial charge in [0.15, 0.2) is 0 Å². The zero-order chi connectivity index (χ0) is 13.7. The van der Waals surface area contributed by atoms with E-state index in [2.05, 4.69) is 40.8 Å². The van der Waals surface area contributed by atoms with E-state index in [1.165, 1.54) is 18.7 Å². The van der Waals surface area contributed by atoms with Crippen molar-refractivity contribution in [1.82, 2.24) is 9.88 Å². The summed E-state index contributed by atoms with van der Waals surface area (Å²) in [6.45, 7) is 10.1. The second-order valence-electron chi connectivity index (χ2n) is 5.28. The van der Waals surface area contributed by atoms with E-state index in [-0.39, 0.29) is 6.04 Å². The maximum atomic E-state index is 5.99. The number of anilines is 1. The molecule has 1 atom stereocenters. The molecule has 0 amide bonds. The van der Waals surface area contributed by atoms with Crippen molar-refractivity contribution in [3.63, 3.8) is 0 Å². The van der Waals surface area contributed by atoms with E-state index < -0.39 is 0 Å². The Labute approximate surface area is 116 Å². The minimum absolute atomic E-state index is 0.0652. The number of piperazine rings is 1. The monoisotopic (exact) mass is 262 g/mol. The average molecular weight is 262 g/mol. The third-order valence-corrected chi connectivity index (χ3v) is 3.87. The molecular weight excluding hydrogens is 236 g/mol. The van der Waals surface area contributed by atoms with Crippen LogP contribution in [0.1, 0.15) is 38.4 Å². The summed E-state index contributed by atoms with van der Waals surface area (Å²) in [4.78, 5) is 9.45. The van der Waals surface area contributed by atoms with Crippen molar-refractivity contribution in [2.75, 3.05) is 37.6 Å². The molecule has 0 radical (unpaired) electrons. The first-order valence-electron chi connectivity index (χ1n) is 7.43. The lowest BCUT2D eigenvalue weighted by atomic mass is 10.1. The second kappa shape index (κ2) is 6.87. The lowest BCUT2D eigenvalue weighted by Gasteiger charge is -2.35. The Morgan fingerprint density at radius 1 is 1.21 bits per heavy atom. The van der Waals surface area contributed by atoms with Crippen molar-refractivity contribution in [3.8, 4) is 0 Å². The van der Waals surface area contributed by atoms with Gasteiger partial charge >= 0.3 is 0 Å². The van der Waals surface area contributed by atoms with Gasteiger partial charge in [-0.3, -0.25) is 9.88 Å². The van der Waals surface area contributed by atoms with Crippen LogP contribution in [-0.4, -0.2) is 42.6 Å². The van der Waals surface area contributed by atoms with Crippen molar-refractivity contribution in [1.29, 1.82) is 0 Å². The fraction of sp³-hybridized carbons (Fsp3) is 0.667.